The van der Waals surface area contributed by atoms with Crippen LogP contribution >= 0.6 is 0 Å². The van der Waals surface area contributed by atoms with Crippen LogP contribution in [0.4, 0.5) is 5.95 Å². The van der Waals surface area contributed by atoms with Crippen LogP contribution in [-0.4, -0.2) is 32.9 Å². The lowest BCUT2D eigenvalue weighted by atomic mass is 10.1. The average Bonchev–Trinajstić information content (AvgIpc) is 3.27. The van der Waals surface area contributed by atoms with E-state index in [0.717, 1.165) is 22.5 Å². The fourth-order valence-electron chi connectivity index (χ4n) is 3.33. The van der Waals surface area contributed by atoms with Gasteiger partial charge in [0.05, 0.1) is 24.0 Å². The maximum Gasteiger partial charge on any atom is 0.290 e. The molecule has 1 aliphatic heterocycles. The molecule has 0 aromatic carbocycles. The van der Waals surface area contributed by atoms with Crippen molar-refractivity contribution in [3.8, 4) is 11.3 Å². The molecule has 8 nitrogen and oxygen atoms in total. The number of carbonyl (C=O) groups is 1. The van der Waals surface area contributed by atoms with Gasteiger partial charge in [-0.05, 0) is 31.2 Å². The van der Waals surface area contributed by atoms with Crippen LogP contribution in [-0.2, 0) is 17.9 Å². The molecule has 27 heavy (non-hydrogen) atoms. The number of amides is 1. The quantitative estimate of drug-likeness (QED) is 0.757. The third-order valence-corrected chi connectivity index (χ3v) is 4.62. The Bertz CT molecular complexity index is 986. The predicted molar refractivity (Wildman–Crippen MR) is 97.4 cm³/mol. The number of nitrogens with zero attached hydrogens (tertiary/aromatic N) is 4. The molecule has 0 radical (unpaired) electrons. The molecule has 2 N–H and O–H groups in total. The van der Waals surface area contributed by atoms with Gasteiger partial charge in [-0.1, -0.05) is 0 Å². The summed E-state index contributed by atoms with van der Waals surface area (Å²) in [6, 6.07) is 6.89. The first-order chi connectivity index (χ1) is 13.1. The van der Waals surface area contributed by atoms with Gasteiger partial charge in [-0.2, -0.15) is 0 Å². The first kappa shape index (κ1) is 17.2. The second-order valence-corrected chi connectivity index (χ2v) is 6.34. The number of nitrogen functional groups attached to an aromatic ring is 1. The van der Waals surface area contributed by atoms with Crippen LogP contribution in [0.2, 0.25) is 0 Å². The summed E-state index contributed by atoms with van der Waals surface area (Å²) in [4.78, 5) is 27.5. The lowest BCUT2D eigenvalue weighted by Crippen LogP contribution is -2.28. The standard InChI is InChI=1S/C19H19N5O3/c1-11-16-14(17(23-19(20)22-16)12-5-7-21-8-6-12)9-24(11)18(25)15-4-3-13(27-15)10-26-2/h3-8,11H,9-10H2,1-2H3,(H2,20,22,23)/t11-/m0/s1. The molecule has 1 amide bonds. The van der Waals surface area contributed by atoms with Crippen LogP contribution in [0.3, 0.4) is 0 Å². The van der Waals surface area contributed by atoms with Gasteiger partial charge in [0.2, 0.25) is 5.95 Å². The average molecular weight is 365 g/mol. The van der Waals surface area contributed by atoms with Crippen molar-refractivity contribution in [3.63, 3.8) is 0 Å². The van der Waals surface area contributed by atoms with Gasteiger partial charge in [-0.25, -0.2) is 9.97 Å². The van der Waals surface area contributed by atoms with Crippen molar-refractivity contribution in [2.45, 2.75) is 26.1 Å². The molecular weight excluding hydrogens is 346 g/mol. The van der Waals surface area contributed by atoms with Crippen molar-refractivity contribution in [2.75, 3.05) is 12.8 Å². The number of furan rings is 1. The van der Waals surface area contributed by atoms with Crippen LogP contribution in [0.1, 0.15) is 40.5 Å². The highest BCUT2D eigenvalue weighted by atomic mass is 16.5. The molecule has 0 unspecified atom stereocenters. The Kier molecular flexibility index (Phi) is 4.33. The molecule has 0 fully saturated rings. The summed E-state index contributed by atoms with van der Waals surface area (Å²) in [6.07, 6.45) is 3.39. The zero-order chi connectivity index (χ0) is 19.0. The zero-order valence-electron chi connectivity index (χ0n) is 15.0. The van der Waals surface area contributed by atoms with E-state index >= 15 is 0 Å². The molecular formula is C19H19N5O3. The molecule has 3 aromatic heterocycles. The number of pyridine rings is 1. The van der Waals surface area contributed by atoms with Gasteiger partial charge in [0.25, 0.3) is 5.91 Å². The lowest BCUT2D eigenvalue weighted by Gasteiger charge is -2.19. The Morgan fingerprint density at radius 2 is 2.07 bits per heavy atom. The minimum atomic E-state index is -0.241. The maximum absolute atomic E-state index is 13.0. The van der Waals surface area contributed by atoms with E-state index in [1.54, 1.807) is 36.5 Å². The summed E-state index contributed by atoms with van der Waals surface area (Å²) in [5, 5.41) is 0. The molecule has 0 saturated carbocycles. The smallest absolute Gasteiger partial charge is 0.290 e. The van der Waals surface area contributed by atoms with E-state index in [1.807, 2.05) is 19.1 Å². The summed E-state index contributed by atoms with van der Waals surface area (Å²) in [5.74, 6) is 0.851. The number of anilines is 1. The van der Waals surface area contributed by atoms with Crippen molar-refractivity contribution in [1.29, 1.82) is 0 Å². The SMILES string of the molecule is COCc1ccc(C(=O)N2Cc3c(-c4ccncc4)nc(N)nc3[C@@H]2C)o1. The van der Waals surface area contributed by atoms with E-state index in [0.29, 0.717) is 18.9 Å². The van der Waals surface area contributed by atoms with Gasteiger partial charge in [-0.15, -0.1) is 0 Å². The molecule has 0 aliphatic carbocycles. The molecule has 1 atom stereocenters. The number of nitrogens with two attached hydrogens (primary N) is 1. The van der Waals surface area contributed by atoms with Gasteiger partial charge in [0, 0.05) is 30.6 Å². The van der Waals surface area contributed by atoms with Crippen molar-refractivity contribution >= 4 is 11.9 Å². The summed E-state index contributed by atoms with van der Waals surface area (Å²) < 4.78 is 10.6. The Morgan fingerprint density at radius 1 is 1.30 bits per heavy atom. The van der Waals surface area contributed by atoms with Crippen LogP contribution in [0, 0.1) is 0 Å². The molecule has 1 aliphatic rings. The molecule has 0 bridgehead atoms. The highest BCUT2D eigenvalue weighted by Gasteiger charge is 2.36. The highest BCUT2D eigenvalue weighted by Crippen LogP contribution is 2.38. The number of rotatable bonds is 4. The fourth-order valence-corrected chi connectivity index (χ4v) is 3.33. The number of methoxy groups -OCH3 is 1. The van der Waals surface area contributed by atoms with Gasteiger partial charge >= 0.3 is 0 Å². The van der Waals surface area contributed by atoms with E-state index in [9.17, 15) is 4.79 Å². The normalized spacial score (nSPS) is 15.8. The van der Waals surface area contributed by atoms with Crippen LogP contribution in [0.5, 0.6) is 0 Å². The van der Waals surface area contributed by atoms with E-state index < -0.39 is 0 Å². The topological polar surface area (TPSA) is 107 Å². The van der Waals surface area contributed by atoms with Crippen molar-refractivity contribution < 1.29 is 13.9 Å². The molecule has 138 valence electrons. The third kappa shape index (κ3) is 3.04. The number of fused-ring (bicyclic) bond motifs is 1. The Labute approximate surface area is 156 Å². The molecule has 4 heterocycles. The fraction of sp³-hybridized carbons (Fsp3) is 0.263. The monoisotopic (exact) mass is 365 g/mol. The Hall–Kier alpha value is -3.26. The molecule has 8 heteroatoms. The van der Waals surface area contributed by atoms with Crippen LogP contribution in [0.25, 0.3) is 11.3 Å². The number of hydrogen-bond acceptors (Lipinski definition) is 7. The molecule has 0 spiro atoms. The number of hydrogen-bond donors (Lipinski definition) is 1. The first-order valence-electron chi connectivity index (χ1n) is 8.53. The Balaban J connectivity index is 1.69. The minimum absolute atomic E-state index is 0.182. The van der Waals surface area contributed by atoms with E-state index in [1.165, 1.54) is 0 Å². The van der Waals surface area contributed by atoms with Gasteiger partial charge in [0.15, 0.2) is 5.76 Å². The number of aromatic nitrogens is 3. The van der Waals surface area contributed by atoms with Gasteiger partial charge < -0.3 is 19.8 Å². The van der Waals surface area contributed by atoms with E-state index in [2.05, 4.69) is 15.0 Å². The first-order valence-corrected chi connectivity index (χ1v) is 8.53. The van der Waals surface area contributed by atoms with Gasteiger partial charge in [0.1, 0.15) is 12.4 Å². The van der Waals surface area contributed by atoms with Crippen molar-refractivity contribution in [1.82, 2.24) is 19.9 Å². The summed E-state index contributed by atoms with van der Waals surface area (Å²) in [6.45, 7) is 2.62. The van der Waals surface area contributed by atoms with E-state index in [-0.39, 0.29) is 23.7 Å². The third-order valence-electron chi connectivity index (χ3n) is 4.62. The van der Waals surface area contributed by atoms with Crippen LogP contribution in [0.15, 0.2) is 41.1 Å². The van der Waals surface area contributed by atoms with Crippen molar-refractivity contribution in [3.05, 3.63) is 59.4 Å². The molecule has 4 rings (SSSR count). The maximum atomic E-state index is 13.0. The lowest BCUT2D eigenvalue weighted by molar-refractivity contribution is 0.0663. The molecule has 0 saturated heterocycles. The second-order valence-electron chi connectivity index (χ2n) is 6.34. The summed E-state index contributed by atoms with van der Waals surface area (Å²) >= 11 is 0. The highest BCUT2D eigenvalue weighted by molar-refractivity contribution is 5.92. The molecule has 3 aromatic rings. The second kappa shape index (κ2) is 6.81. The van der Waals surface area contributed by atoms with Gasteiger partial charge in [-0.3, -0.25) is 9.78 Å². The van der Waals surface area contributed by atoms with Crippen LogP contribution < -0.4 is 5.73 Å². The largest absolute Gasteiger partial charge is 0.453 e. The van der Waals surface area contributed by atoms with E-state index in [4.69, 9.17) is 14.9 Å². The summed E-state index contributed by atoms with van der Waals surface area (Å²) in [7, 11) is 1.58. The predicted octanol–water partition coefficient (Wildman–Crippen LogP) is 2.58. The van der Waals surface area contributed by atoms with Crippen molar-refractivity contribution in [2.24, 2.45) is 0 Å². The zero-order valence-corrected chi connectivity index (χ0v) is 15.0. The Morgan fingerprint density at radius 3 is 2.81 bits per heavy atom. The summed E-state index contributed by atoms with van der Waals surface area (Å²) in [5.41, 5.74) is 9.18. The number of carbonyl (C=O) groups excluding carboxylic acids is 1. The number of ether oxygens (including phenoxy) is 1. The minimum Gasteiger partial charge on any atom is -0.453 e.